The molecule has 35 heavy (non-hydrogen) atoms. The number of para-hydroxylation sites is 1. The van der Waals surface area contributed by atoms with Crippen molar-refractivity contribution in [1.29, 1.82) is 0 Å². The third-order valence-corrected chi connectivity index (χ3v) is 8.26. The van der Waals surface area contributed by atoms with Gasteiger partial charge in [-0.3, -0.25) is 19.6 Å². The number of piperidine rings is 1. The van der Waals surface area contributed by atoms with Gasteiger partial charge in [0.2, 0.25) is 0 Å². The highest BCUT2D eigenvalue weighted by atomic mass is 32.2. The van der Waals surface area contributed by atoms with E-state index in [4.69, 9.17) is 0 Å². The van der Waals surface area contributed by atoms with Gasteiger partial charge in [-0.2, -0.15) is 0 Å². The number of fused-ring (bicyclic) bond motifs is 3. The topological polar surface area (TPSA) is 127 Å². The normalized spacial score (nSPS) is 19.5. The number of nitro groups is 1. The number of sulfonamides is 1. The summed E-state index contributed by atoms with van der Waals surface area (Å²) in [7, 11) is -2.17. The Bertz CT molecular complexity index is 1420. The van der Waals surface area contributed by atoms with Crippen LogP contribution in [0.4, 0.5) is 11.4 Å². The lowest BCUT2D eigenvalue weighted by Gasteiger charge is -2.43. The van der Waals surface area contributed by atoms with Gasteiger partial charge in [0.15, 0.2) is 0 Å². The average molecular weight is 496 g/mol. The van der Waals surface area contributed by atoms with Crippen LogP contribution in [0.3, 0.4) is 0 Å². The summed E-state index contributed by atoms with van der Waals surface area (Å²) in [6.45, 7) is 0.591. The second-order valence-corrected chi connectivity index (χ2v) is 10.6. The molecule has 1 aromatic heterocycles. The van der Waals surface area contributed by atoms with Crippen LogP contribution < -0.4 is 4.72 Å². The Hall–Kier alpha value is -3.73. The summed E-state index contributed by atoms with van der Waals surface area (Å²) in [4.78, 5) is 30.4. The third-order valence-electron chi connectivity index (χ3n) is 6.90. The van der Waals surface area contributed by atoms with Crippen molar-refractivity contribution in [2.45, 2.75) is 42.5 Å². The van der Waals surface area contributed by atoms with Crippen molar-refractivity contribution in [3.8, 4) is 0 Å². The molecule has 182 valence electrons. The molecule has 5 rings (SSSR count). The lowest BCUT2D eigenvalue weighted by atomic mass is 9.78. The van der Waals surface area contributed by atoms with Crippen LogP contribution in [0.25, 0.3) is 0 Å². The van der Waals surface area contributed by atoms with Gasteiger partial charge in [-0.05, 0) is 43.9 Å². The van der Waals surface area contributed by atoms with Crippen molar-refractivity contribution < 1.29 is 18.1 Å². The van der Waals surface area contributed by atoms with Gasteiger partial charge < -0.3 is 9.47 Å². The van der Waals surface area contributed by atoms with E-state index in [1.165, 1.54) is 30.0 Å². The van der Waals surface area contributed by atoms with Crippen molar-refractivity contribution in [2.75, 3.05) is 11.3 Å². The van der Waals surface area contributed by atoms with Crippen molar-refractivity contribution in [3.63, 3.8) is 0 Å². The molecule has 0 radical (unpaired) electrons. The summed E-state index contributed by atoms with van der Waals surface area (Å²) in [5.41, 5.74) is 2.32. The molecule has 1 aliphatic heterocycles. The number of nitrogens with zero attached hydrogens (tertiary/aromatic N) is 4. The number of nitro benzene ring substituents is 1. The van der Waals surface area contributed by atoms with E-state index in [9.17, 15) is 23.3 Å². The first-order valence-corrected chi connectivity index (χ1v) is 12.9. The Balaban J connectivity index is 1.44. The van der Waals surface area contributed by atoms with Crippen LogP contribution in [0.2, 0.25) is 0 Å². The Morgan fingerprint density at radius 3 is 2.77 bits per heavy atom. The molecule has 1 fully saturated rings. The molecule has 2 heterocycles. The molecule has 3 aromatic rings. The standard InChI is InChI=1S/C24H25N5O5S/c1-27-15-25-23-19-9-5-13-28(21(19)11-12-22(23)27)24(30)18-8-2-3-10-20(18)26-35(33,34)17-7-4-6-16(14-17)29(31)32/h2-4,6-8,10,14-15,19,21,26H,5,9,11-13H2,1H3. The monoisotopic (exact) mass is 495 g/mol. The number of hydrogen-bond acceptors (Lipinski definition) is 6. The van der Waals surface area contributed by atoms with Crippen LogP contribution in [0, 0.1) is 10.1 Å². The molecule has 0 bridgehead atoms. The average Bonchev–Trinajstić information content (AvgIpc) is 3.24. The quantitative estimate of drug-likeness (QED) is 0.427. The van der Waals surface area contributed by atoms with Crippen LogP contribution in [-0.4, -0.2) is 46.3 Å². The van der Waals surface area contributed by atoms with E-state index in [0.717, 1.165) is 37.4 Å². The Kier molecular flexibility index (Phi) is 5.79. The number of non-ortho nitro benzene ring substituents is 1. The first-order chi connectivity index (χ1) is 16.8. The van der Waals surface area contributed by atoms with E-state index in [-0.39, 0.29) is 39.7 Å². The second-order valence-electron chi connectivity index (χ2n) is 8.95. The van der Waals surface area contributed by atoms with Gasteiger partial charge in [0.1, 0.15) is 0 Å². The first kappa shape index (κ1) is 23.0. The van der Waals surface area contributed by atoms with Crippen molar-refractivity contribution >= 4 is 27.3 Å². The zero-order valence-corrected chi connectivity index (χ0v) is 19.9. The van der Waals surface area contributed by atoms with E-state index < -0.39 is 14.9 Å². The minimum Gasteiger partial charge on any atom is -0.337 e. The molecule has 2 aliphatic rings. The summed E-state index contributed by atoms with van der Waals surface area (Å²) < 4.78 is 30.6. The molecule has 1 aliphatic carbocycles. The molecule has 0 saturated carbocycles. The van der Waals surface area contributed by atoms with Gasteiger partial charge in [0.25, 0.3) is 21.6 Å². The van der Waals surface area contributed by atoms with Crippen LogP contribution in [-0.2, 0) is 23.5 Å². The number of anilines is 1. The third kappa shape index (κ3) is 4.16. The van der Waals surface area contributed by atoms with Gasteiger partial charge in [-0.25, -0.2) is 13.4 Å². The fourth-order valence-electron chi connectivity index (χ4n) is 5.24. The van der Waals surface area contributed by atoms with Gasteiger partial charge >= 0.3 is 0 Å². The van der Waals surface area contributed by atoms with Gasteiger partial charge in [0.05, 0.1) is 33.1 Å². The molecular weight excluding hydrogens is 470 g/mol. The van der Waals surface area contributed by atoms with E-state index >= 15 is 0 Å². The molecule has 11 heteroatoms. The van der Waals surface area contributed by atoms with Crippen LogP contribution in [0.5, 0.6) is 0 Å². The fraction of sp³-hybridized carbons (Fsp3) is 0.333. The van der Waals surface area contributed by atoms with Crippen molar-refractivity contribution in [3.05, 3.63) is 81.9 Å². The Morgan fingerprint density at radius 2 is 1.97 bits per heavy atom. The number of likely N-dealkylation sites (tertiary alicyclic amines) is 1. The molecule has 1 amide bonds. The smallest absolute Gasteiger partial charge is 0.270 e. The molecule has 1 saturated heterocycles. The largest absolute Gasteiger partial charge is 0.337 e. The molecule has 2 atom stereocenters. The number of hydrogen-bond donors (Lipinski definition) is 1. The number of rotatable bonds is 5. The number of carbonyl (C=O) groups is 1. The lowest BCUT2D eigenvalue weighted by molar-refractivity contribution is -0.385. The Morgan fingerprint density at radius 1 is 1.17 bits per heavy atom. The maximum Gasteiger partial charge on any atom is 0.270 e. The highest BCUT2D eigenvalue weighted by Crippen LogP contribution is 2.40. The number of benzene rings is 2. The molecule has 2 unspecified atom stereocenters. The molecule has 10 nitrogen and oxygen atoms in total. The van der Waals surface area contributed by atoms with Crippen LogP contribution >= 0.6 is 0 Å². The number of aromatic nitrogens is 2. The number of carbonyl (C=O) groups excluding carboxylic acids is 1. The van der Waals surface area contributed by atoms with E-state index in [1.807, 2.05) is 22.8 Å². The van der Waals surface area contributed by atoms with E-state index in [2.05, 4.69) is 9.71 Å². The number of nitrogens with one attached hydrogen (secondary N) is 1. The summed E-state index contributed by atoms with van der Waals surface area (Å²) in [6.07, 6.45) is 5.28. The van der Waals surface area contributed by atoms with E-state index in [0.29, 0.717) is 6.54 Å². The minimum absolute atomic E-state index is 0.0000798. The number of aryl methyl sites for hydroxylation is 1. The summed E-state index contributed by atoms with van der Waals surface area (Å²) in [5.74, 6) is -0.0807. The maximum absolute atomic E-state index is 13.7. The highest BCUT2D eigenvalue weighted by Gasteiger charge is 2.41. The van der Waals surface area contributed by atoms with Crippen LogP contribution in [0.1, 0.15) is 46.9 Å². The molecular formula is C24H25N5O5S. The van der Waals surface area contributed by atoms with Gasteiger partial charge in [-0.15, -0.1) is 0 Å². The van der Waals surface area contributed by atoms with Gasteiger partial charge in [0, 0.05) is 43.4 Å². The minimum atomic E-state index is -4.15. The predicted molar refractivity (Wildman–Crippen MR) is 129 cm³/mol. The summed E-state index contributed by atoms with van der Waals surface area (Å²) >= 11 is 0. The Labute approximate surface area is 202 Å². The number of imidazole rings is 1. The SMILES string of the molecule is Cn1cnc2c1CCC1C2CCCN1C(=O)c1ccccc1NS(=O)(=O)c1cccc([N+](=O)[O-])c1. The maximum atomic E-state index is 13.7. The zero-order valence-electron chi connectivity index (χ0n) is 19.1. The molecule has 0 spiro atoms. The second kappa shape index (κ2) is 8.81. The molecule has 2 aromatic carbocycles. The summed E-state index contributed by atoms with van der Waals surface area (Å²) in [5, 5.41) is 11.1. The predicted octanol–water partition coefficient (Wildman–Crippen LogP) is 3.46. The fourth-order valence-corrected chi connectivity index (χ4v) is 6.36. The van der Waals surface area contributed by atoms with Crippen molar-refractivity contribution in [1.82, 2.24) is 14.5 Å². The van der Waals surface area contributed by atoms with E-state index in [1.54, 1.807) is 18.2 Å². The van der Waals surface area contributed by atoms with Crippen molar-refractivity contribution in [2.24, 2.45) is 7.05 Å². The van der Waals surface area contributed by atoms with Crippen LogP contribution in [0.15, 0.2) is 59.8 Å². The lowest BCUT2D eigenvalue weighted by Crippen LogP contribution is -2.49. The first-order valence-electron chi connectivity index (χ1n) is 11.4. The molecule has 1 N–H and O–H groups in total. The van der Waals surface area contributed by atoms with Gasteiger partial charge in [-0.1, -0.05) is 18.2 Å². The number of amides is 1. The highest BCUT2D eigenvalue weighted by molar-refractivity contribution is 7.92. The zero-order chi connectivity index (χ0) is 24.7. The summed E-state index contributed by atoms with van der Waals surface area (Å²) in [6, 6.07) is 11.3.